The summed E-state index contributed by atoms with van der Waals surface area (Å²) in [5.74, 6) is -1.51. The van der Waals surface area contributed by atoms with E-state index >= 15 is 0 Å². The van der Waals surface area contributed by atoms with Gasteiger partial charge in [0.05, 0.1) is 17.4 Å². The van der Waals surface area contributed by atoms with Crippen molar-refractivity contribution in [1.82, 2.24) is 0 Å². The molecule has 2 amide bonds. The fourth-order valence-corrected chi connectivity index (χ4v) is 4.50. The molecule has 0 aromatic heterocycles. The van der Waals surface area contributed by atoms with E-state index in [4.69, 9.17) is 0 Å². The van der Waals surface area contributed by atoms with E-state index in [1.807, 2.05) is 19.1 Å². The summed E-state index contributed by atoms with van der Waals surface area (Å²) in [6.45, 7) is 3.54. The van der Waals surface area contributed by atoms with E-state index in [1.54, 1.807) is 19.1 Å². The van der Waals surface area contributed by atoms with Crippen LogP contribution in [0, 0.1) is 12.8 Å². The molecule has 1 saturated heterocycles. The van der Waals surface area contributed by atoms with E-state index in [2.05, 4.69) is 5.32 Å². The Hall–Kier alpha value is -2.67. The van der Waals surface area contributed by atoms with Crippen LogP contribution in [0.2, 0.25) is 0 Å². The zero-order chi connectivity index (χ0) is 18.2. The smallest absolute Gasteiger partial charge is 0.255 e. The second-order valence-electron chi connectivity index (χ2n) is 6.15. The zero-order valence-electron chi connectivity index (χ0n) is 13.9. The van der Waals surface area contributed by atoms with Crippen LogP contribution >= 0.6 is 0 Å². The Bertz CT molecular complexity index is 919. The van der Waals surface area contributed by atoms with Crippen LogP contribution in [-0.2, 0) is 14.8 Å². The molecule has 1 fully saturated rings. The second kappa shape index (κ2) is 6.33. The highest BCUT2D eigenvalue weighted by Crippen LogP contribution is 2.28. The normalized spacial score (nSPS) is 19.0. The lowest BCUT2D eigenvalue weighted by atomic mass is 10.1. The molecule has 6 nitrogen and oxygen atoms in total. The second-order valence-corrected chi connectivity index (χ2v) is 8.01. The van der Waals surface area contributed by atoms with Crippen molar-refractivity contribution in [3.63, 3.8) is 0 Å². The number of aryl methyl sites for hydroxylation is 1. The number of hydrogen-bond donors (Lipinski definition) is 1. The Labute approximate surface area is 146 Å². The molecule has 0 radical (unpaired) electrons. The number of anilines is 2. The average molecular weight is 358 g/mol. The zero-order valence-corrected chi connectivity index (χ0v) is 14.7. The molecule has 25 heavy (non-hydrogen) atoms. The maximum atomic E-state index is 12.3. The first-order valence-corrected chi connectivity index (χ1v) is 9.44. The third kappa shape index (κ3) is 3.41. The van der Waals surface area contributed by atoms with Gasteiger partial charge in [-0.3, -0.25) is 9.59 Å². The van der Waals surface area contributed by atoms with Crippen molar-refractivity contribution in [3.8, 4) is 0 Å². The number of nitrogens with zero attached hydrogens (tertiary/aromatic N) is 1. The number of sulfonamides is 1. The van der Waals surface area contributed by atoms with Gasteiger partial charge in [-0.15, -0.1) is 0 Å². The lowest BCUT2D eigenvalue weighted by Crippen LogP contribution is -2.30. The van der Waals surface area contributed by atoms with Gasteiger partial charge in [-0.05, 0) is 43.3 Å². The monoisotopic (exact) mass is 358 g/mol. The van der Waals surface area contributed by atoms with Gasteiger partial charge < -0.3 is 5.32 Å². The number of nitrogens with one attached hydrogen (secondary N) is 1. The molecule has 0 unspecified atom stereocenters. The van der Waals surface area contributed by atoms with Crippen LogP contribution in [0.1, 0.15) is 22.8 Å². The van der Waals surface area contributed by atoms with Gasteiger partial charge in [0.1, 0.15) is 0 Å². The predicted molar refractivity (Wildman–Crippen MR) is 96.0 cm³/mol. The number of amides is 2. The van der Waals surface area contributed by atoms with Crippen molar-refractivity contribution < 1.29 is 18.0 Å². The summed E-state index contributed by atoms with van der Waals surface area (Å²) in [6, 6.07) is 13.3. The summed E-state index contributed by atoms with van der Waals surface area (Å²) in [5, 5.41) is 2.77. The van der Waals surface area contributed by atoms with Gasteiger partial charge >= 0.3 is 0 Å². The van der Waals surface area contributed by atoms with E-state index in [-0.39, 0.29) is 17.3 Å². The third-order valence-electron chi connectivity index (χ3n) is 4.03. The van der Waals surface area contributed by atoms with Gasteiger partial charge in [0, 0.05) is 11.3 Å². The first-order valence-electron chi connectivity index (χ1n) is 7.83. The molecule has 130 valence electrons. The summed E-state index contributed by atoms with van der Waals surface area (Å²) in [5.41, 5.74) is 2.39. The molecule has 1 heterocycles. The van der Waals surface area contributed by atoms with E-state index < -0.39 is 21.8 Å². The summed E-state index contributed by atoms with van der Waals surface area (Å²) >= 11 is 0. The van der Waals surface area contributed by atoms with Crippen LogP contribution in [0.15, 0.2) is 48.5 Å². The van der Waals surface area contributed by atoms with Gasteiger partial charge in [0.15, 0.2) is 0 Å². The van der Waals surface area contributed by atoms with Gasteiger partial charge in [-0.2, -0.15) is 0 Å². The molecule has 2 aromatic carbocycles. The molecule has 0 saturated carbocycles. The van der Waals surface area contributed by atoms with E-state index in [0.717, 1.165) is 9.87 Å². The fraction of sp³-hybridized carbons (Fsp3) is 0.222. The minimum Gasteiger partial charge on any atom is -0.322 e. The molecule has 3 rings (SSSR count). The molecule has 0 bridgehead atoms. The number of carbonyl (C=O) groups excluding carboxylic acids is 2. The van der Waals surface area contributed by atoms with Gasteiger partial charge in [0.25, 0.3) is 5.91 Å². The lowest BCUT2D eigenvalue weighted by Gasteiger charge is -2.15. The maximum Gasteiger partial charge on any atom is 0.255 e. The molecule has 1 aliphatic heterocycles. The third-order valence-corrected chi connectivity index (χ3v) is 5.90. The SMILES string of the molecule is Cc1ccc(NC(=O)c2ccc(N3C(=O)[C@@H](C)CS3(=O)=O)cc2)cc1. The maximum absolute atomic E-state index is 12.3. The summed E-state index contributed by atoms with van der Waals surface area (Å²) < 4.78 is 25.0. The Morgan fingerprint density at radius 1 is 1.08 bits per heavy atom. The van der Waals surface area contributed by atoms with Crippen molar-refractivity contribution in [1.29, 1.82) is 0 Å². The van der Waals surface area contributed by atoms with Crippen molar-refractivity contribution in [3.05, 3.63) is 59.7 Å². The molecule has 1 aliphatic rings. The highest BCUT2D eigenvalue weighted by Gasteiger charge is 2.41. The van der Waals surface area contributed by atoms with E-state index in [0.29, 0.717) is 11.3 Å². The van der Waals surface area contributed by atoms with Crippen LogP contribution in [0.5, 0.6) is 0 Å². The van der Waals surface area contributed by atoms with Crippen LogP contribution in [0.25, 0.3) is 0 Å². The molecular formula is C18H18N2O4S. The predicted octanol–water partition coefficient (Wildman–Crippen LogP) is 2.56. The molecule has 0 aliphatic carbocycles. The van der Waals surface area contributed by atoms with Gasteiger partial charge in [-0.25, -0.2) is 12.7 Å². The number of rotatable bonds is 3. The number of hydrogen-bond acceptors (Lipinski definition) is 4. The van der Waals surface area contributed by atoms with Crippen LogP contribution < -0.4 is 9.62 Å². The Balaban J connectivity index is 1.79. The minimum absolute atomic E-state index is 0.193. The minimum atomic E-state index is -3.64. The quantitative estimate of drug-likeness (QED) is 0.914. The van der Waals surface area contributed by atoms with Crippen molar-refractivity contribution >= 4 is 33.2 Å². The fourth-order valence-electron chi connectivity index (χ4n) is 2.68. The average Bonchev–Trinajstić information content (AvgIpc) is 2.77. The van der Waals surface area contributed by atoms with Gasteiger partial charge in [0.2, 0.25) is 15.9 Å². The van der Waals surface area contributed by atoms with Crippen LogP contribution in [-0.4, -0.2) is 26.0 Å². The Morgan fingerprint density at radius 3 is 2.20 bits per heavy atom. The Morgan fingerprint density at radius 2 is 1.68 bits per heavy atom. The van der Waals surface area contributed by atoms with Gasteiger partial charge in [-0.1, -0.05) is 24.6 Å². The summed E-state index contributed by atoms with van der Waals surface area (Å²) in [7, 11) is -3.64. The number of benzene rings is 2. The first-order chi connectivity index (χ1) is 11.8. The molecule has 2 aromatic rings. The summed E-state index contributed by atoms with van der Waals surface area (Å²) in [6.07, 6.45) is 0. The molecular weight excluding hydrogens is 340 g/mol. The first kappa shape index (κ1) is 17.2. The lowest BCUT2D eigenvalue weighted by molar-refractivity contribution is -0.119. The highest BCUT2D eigenvalue weighted by atomic mass is 32.2. The van der Waals surface area contributed by atoms with Crippen LogP contribution in [0.4, 0.5) is 11.4 Å². The Kier molecular flexibility index (Phi) is 4.34. The molecule has 7 heteroatoms. The van der Waals surface area contributed by atoms with E-state index in [9.17, 15) is 18.0 Å². The molecule has 1 N–H and O–H groups in total. The summed E-state index contributed by atoms with van der Waals surface area (Å²) in [4.78, 5) is 24.3. The van der Waals surface area contributed by atoms with E-state index in [1.165, 1.54) is 24.3 Å². The standard InChI is InChI=1S/C18H18N2O4S/c1-12-3-7-15(8-4-12)19-17(21)14-5-9-16(10-6-14)20-18(22)13(2)11-25(20,23)24/h3-10,13H,11H2,1-2H3,(H,19,21)/t13-/m0/s1. The van der Waals surface area contributed by atoms with Crippen molar-refractivity contribution in [2.24, 2.45) is 5.92 Å². The van der Waals surface area contributed by atoms with Crippen LogP contribution in [0.3, 0.4) is 0 Å². The topological polar surface area (TPSA) is 83.6 Å². The van der Waals surface area contributed by atoms with Crippen molar-refractivity contribution in [2.45, 2.75) is 13.8 Å². The molecule has 1 atom stereocenters. The van der Waals surface area contributed by atoms with Crippen molar-refractivity contribution in [2.75, 3.05) is 15.4 Å². The largest absolute Gasteiger partial charge is 0.322 e. The highest BCUT2D eigenvalue weighted by molar-refractivity contribution is 7.94. The molecule has 0 spiro atoms. The number of carbonyl (C=O) groups is 2.